The second kappa shape index (κ2) is 10.7. The molecule has 2 atom stereocenters. The van der Waals surface area contributed by atoms with Gasteiger partial charge in [0.05, 0.1) is 24.5 Å². The fourth-order valence-corrected chi connectivity index (χ4v) is 6.18. The number of ether oxygens (including phenoxy) is 2. The smallest absolute Gasteiger partial charge is 0.141 e. The summed E-state index contributed by atoms with van der Waals surface area (Å²) in [6.07, 6.45) is 5.25. The van der Waals surface area contributed by atoms with Crippen LogP contribution in [0.1, 0.15) is 85.4 Å². The lowest BCUT2D eigenvalue weighted by Crippen LogP contribution is -2.21. The van der Waals surface area contributed by atoms with Gasteiger partial charge in [-0.15, -0.1) is 0 Å². The summed E-state index contributed by atoms with van der Waals surface area (Å²) in [4.78, 5) is 16.2. The number of benzene rings is 2. The highest BCUT2D eigenvalue weighted by molar-refractivity contribution is 5.77. The first-order valence-electron chi connectivity index (χ1n) is 13.9. The van der Waals surface area contributed by atoms with Gasteiger partial charge in [-0.05, 0) is 123 Å². The summed E-state index contributed by atoms with van der Waals surface area (Å²) < 4.78 is 27.1. The first-order chi connectivity index (χ1) is 18.5. The third-order valence-electron chi connectivity index (χ3n) is 7.99. The van der Waals surface area contributed by atoms with Crippen LogP contribution in [0, 0.1) is 19.7 Å². The van der Waals surface area contributed by atoms with Gasteiger partial charge in [-0.25, -0.2) is 4.39 Å². The Balaban J connectivity index is 1.38. The van der Waals surface area contributed by atoms with Crippen LogP contribution in [0.4, 0.5) is 4.39 Å². The van der Waals surface area contributed by atoms with Crippen LogP contribution >= 0.6 is 0 Å². The zero-order chi connectivity index (χ0) is 27.9. The zero-order valence-electron chi connectivity index (χ0n) is 23.6. The van der Waals surface area contributed by atoms with E-state index in [-0.39, 0.29) is 23.4 Å². The minimum absolute atomic E-state index is 0.0172. The number of carbonyl (C=O) groups is 1. The standard InChI is InChI=1S/C33H38FNO4/c1-19-12-25(38-11-10-33(4,5)37)13-20(2)30(19)26-8-9-28(34)31-23(6-7-27(26)31)15-22-16-29-32(35-17-22)24(18-39-29)14-21(3)36/h8-9,12-13,16-17,23-24,37H,6-7,10-11,14-15,18H2,1-5H3/t23-,24?/m0/s1. The van der Waals surface area contributed by atoms with Crippen molar-refractivity contribution in [2.24, 2.45) is 0 Å². The molecule has 2 heterocycles. The minimum Gasteiger partial charge on any atom is -0.493 e. The van der Waals surface area contributed by atoms with E-state index in [9.17, 15) is 9.90 Å². The van der Waals surface area contributed by atoms with Gasteiger partial charge in [-0.3, -0.25) is 4.98 Å². The molecule has 0 bridgehead atoms. The molecule has 5 nitrogen and oxygen atoms in total. The Morgan fingerprint density at radius 2 is 1.92 bits per heavy atom. The summed E-state index contributed by atoms with van der Waals surface area (Å²) in [5.41, 5.74) is 7.42. The van der Waals surface area contributed by atoms with Crippen molar-refractivity contribution in [3.05, 3.63) is 75.9 Å². The van der Waals surface area contributed by atoms with Crippen LogP contribution in [-0.2, 0) is 17.6 Å². The van der Waals surface area contributed by atoms with Crippen LogP contribution in [0.25, 0.3) is 11.1 Å². The molecule has 2 aliphatic rings. The number of aryl methyl sites for hydroxylation is 2. The fourth-order valence-electron chi connectivity index (χ4n) is 6.18. The number of halogens is 1. The quantitative estimate of drug-likeness (QED) is 0.330. The van der Waals surface area contributed by atoms with Gasteiger partial charge in [-0.2, -0.15) is 0 Å². The summed E-state index contributed by atoms with van der Waals surface area (Å²) in [5.74, 6) is 1.61. The van der Waals surface area contributed by atoms with E-state index in [1.165, 1.54) is 0 Å². The normalized spacial score (nSPS) is 18.0. The van der Waals surface area contributed by atoms with Crippen molar-refractivity contribution in [2.75, 3.05) is 13.2 Å². The van der Waals surface area contributed by atoms with E-state index in [0.717, 1.165) is 69.0 Å². The molecule has 0 amide bonds. The molecule has 5 rings (SSSR count). The van der Waals surface area contributed by atoms with Gasteiger partial charge in [0.2, 0.25) is 0 Å². The maximum absolute atomic E-state index is 15.3. The SMILES string of the molecule is CC(=O)CC1COc2cc(C[C@@H]3CCc4c(-c5c(C)cc(OCCC(C)(C)O)cc5C)ccc(F)c43)cnc21. The van der Waals surface area contributed by atoms with E-state index in [1.807, 2.05) is 30.5 Å². The molecule has 1 unspecified atom stereocenters. The Labute approximate surface area is 230 Å². The summed E-state index contributed by atoms with van der Waals surface area (Å²) in [6, 6.07) is 9.61. The maximum Gasteiger partial charge on any atom is 0.141 e. The Morgan fingerprint density at radius 1 is 1.18 bits per heavy atom. The molecular weight excluding hydrogens is 493 g/mol. The van der Waals surface area contributed by atoms with Gasteiger partial charge < -0.3 is 19.4 Å². The molecular formula is C33H38FNO4. The topological polar surface area (TPSA) is 68.7 Å². The van der Waals surface area contributed by atoms with E-state index in [0.29, 0.717) is 32.5 Å². The fraction of sp³-hybridized carbons (Fsp3) is 0.455. The van der Waals surface area contributed by atoms with Gasteiger partial charge in [0.1, 0.15) is 23.1 Å². The Hall–Kier alpha value is -3.25. The number of hydrogen-bond acceptors (Lipinski definition) is 5. The van der Waals surface area contributed by atoms with E-state index in [2.05, 4.69) is 18.8 Å². The molecule has 1 aromatic heterocycles. The largest absolute Gasteiger partial charge is 0.493 e. The molecule has 1 N–H and O–H groups in total. The molecule has 2 aromatic carbocycles. The number of pyridine rings is 1. The number of aliphatic hydroxyl groups is 1. The number of ketones is 1. The number of fused-ring (bicyclic) bond motifs is 2. The number of hydrogen-bond donors (Lipinski definition) is 1. The van der Waals surface area contributed by atoms with Crippen molar-refractivity contribution in [3.8, 4) is 22.6 Å². The molecule has 206 valence electrons. The van der Waals surface area contributed by atoms with Gasteiger partial charge in [0.25, 0.3) is 0 Å². The second-order valence-corrected chi connectivity index (χ2v) is 11.9. The average molecular weight is 532 g/mol. The molecule has 0 spiro atoms. The number of carbonyl (C=O) groups excluding carboxylic acids is 1. The third kappa shape index (κ3) is 5.86. The molecule has 6 heteroatoms. The summed E-state index contributed by atoms with van der Waals surface area (Å²) >= 11 is 0. The first-order valence-corrected chi connectivity index (χ1v) is 13.9. The molecule has 39 heavy (non-hydrogen) atoms. The van der Waals surface area contributed by atoms with E-state index in [1.54, 1.807) is 26.8 Å². The van der Waals surface area contributed by atoms with Gasteiger partial charge in [0.15, 0.2) is 0 Å². The highest BCUT2D eigenvalue weighted by atomic mass is 19.1. The molecule has 0 saturated carbocycles. The van der Waals surface area contributed by atoms with Crippen LogP contribution < -0.4 is 9.47 Å². The van der Waals surface area contributed by atoms with Crippen LogP contribution in [0.2, 0.25) is 0 Å². The molecule has 0 fully saturated rings. The highest BCUT2D eigenvalue weighted by Crippen LogP contribution is 2.45. The zero-order valence-corrected chi connectivity index (χ0v) is 23.6. The van der Waals surface area contributed by atoms with Gasteiger partial charge in [0, 0.05) is 25.0 Å². The van der Waals surface area contributed by atoms with Crippen molar-refractivity contribution in [3.63, 3.8) is 0 Å². The second-order valence-electron chi connectivity index (χ2n) is 11.9. The molecule has 1 aliphatic heterocycles. The Kier molecular flexibility index (Phi) is 7.51. The lowest BCUT2D eigenvalue weighted by Gasteiger charge is -2.20. The van der Waals surface area contributed by atoms with E-state index >= 15 is 4.39 Å². The van der Waals surface area contributed by atoms with Crippen molar-refractivity contribution in [1.29, 1.82) is 0 Å². The lowest BCUT2D eigenvalue weighted by atomic mass is 9.88. The third-order valence-corrected chi connectivity index (χ3v) is 7.99. The van der Waals surface area contributed by atoms with Crippen molar-refractivity contribution < 1.29 is 23.8 Å². The van der Waals surface area contributed by atoms with E-state index in [4.69, 9.17) is 9.47 Å². The van der Waals surface area contributed by atoms with Gasteiger partial charge in [-0.1, -0.05) is 6.07 Å². The summed E-state index contributed by atoms with van der Waals surface area (Å²) in [7, 11) is 0. The van der Waals surface area contributed by atoms with Crippen LogP contribution in [0.3, 0.4) is 0 Å². The monoisotopic (exact) mass is 531 g/mol. The molecule has 3 aromatic rings. The number of rotatable bonds is 9. The van der Waals surface area contributed by atoms with Crippen molar-refractivity contribution in [1.82, 2.24) is 4.98 Å². The van der Waals surface area contributed by atoms with Crippen LogP contribution in [0.15, 0.2) is 36.5 Å². The predicted octanol–water partition coefficient (Wildman–Crippen LogP) is 6.77. The minimum atomic E-state index is -0.768. The number of Topliss-reactive ketones (excluding diaryl/α,β-unsaturated/α-hetero) is 1. The maximum atomic E-state index is 15.3. The number of aromatic nitrogens is 1. The van der Waals surface area contributed by atoms with Crippen molar-refractivity contribution in [2.45, 2.75) is 84.2 Å². The predicted molar refractivity (Wildman–Crippen MR) is 150 cm³/mol. The van der Waals surface area contributed by atoms with Crippen LogP contribution in [0.5, 0.6) is 11.5 Å². The molecule has 0 radical (unpaired) electrons. The number of nitrogens with zero attached hydrogens (tertiary/aromatic N) is 1. The summed E-state index contributed by atoms with van der Waals surface area (Å²) in [6.45, 7) is 10.2. The first kappa shape index (κ1) is 27.3. The van der Waals surface area contributed by atoms with E-state index < -0.39 is 5.60 Å². The average Bonchev–Trinajstić information content (AvgIpc) is 3.44. The molecule has 0 saturated heterocycles. The summed E-state index contributed by atoms with van der Waals surface area (Å²) in [5, 5.41) is 9.97. The lowest BCUT2D eigenvalue weighted by molar-refractivity contribution is -0.117. The Morgan fingerprint density at radius 3 is 2.62 bits per heavy atom. The Bertz CT molecular complexity index is 1380. The van der Waals surface area contributed by atoms with Gasteiger partial charge >= 0.3 is 0 Å². The highest BCUT2D eigenvalue weighted by Gasteiger charge is 2.31. The van der Waals surface area contributed by atoms with Crippen molar-refractivity contribution >= 4 is 5.78 Å². The molecule has 1 aliphatic carbocycles. The van der Waals surface area contributed by atoms with Crippen LogP contribution in [-0.4, -0.2) is 34.7 Å².